The number of rotatable bonds is 3. The molecule has 1 amide bonds. The molecule has 3 aromatic rings. The number of H-pyrrole nitrogens is 1. The molecule has 2 N–H and O–H groups in total. The number of sulfone groups is 1. The molecule has 26 heavy (non-hydrogen) atoms. The van der Waals surface area contributed by atoms with Crippen molar-refractivity contribution in [2.45, 2.75) is 18.9 Å². The quantitative estimate of drug-likeness (QED) is 0.742. The van der Waals surface area contributed by atoms with Gasteiger partial charge in [0.15, 0.2) is 9.84 Å². The number of imidazole rings is 1. The summed E-state index contributed by atoms with van der Waals surface area (Å²) in [5, 5.41) is 2.87. The number of nitrogens with zero attached hydrogens (tertiary/aromatic N) is 1. The largest absolute Gasteiger partial charge is 0.346 e. The number of carbonyl (C=O) groups is 1. The van der Waals surface area contributed by atoms with Gasteiger partial charge in [-0.05, 0) is 37.6 Å². The minimum absolute atomic E-state index is 0.0111. The van der Waals surface area contributed by atoms with E-state index >= 15 is 0 Å². The molecule has 1 fully saturated rings. The SMILES string of the molecule is CC1(NC(=O)c2ccc(-c3nc4ccccc4[nH]3)cc2)CCS(=O)(=O)C1. The van der Waals surface area contributed by atoms with Crippen LogP contribution in [0.3, 0.4) is 0 Å². The van der Waals surface area contributed by atoms with E-state index < -0.39 is 15.4 Å². The van der Waals surface area contributed by atoms with Crippen LogP contribution in [0.5, 0.6) is 0 Å². The van der Waals surface area contributed by atoms with Crippen LogP contribution in [0.25, 0.3) is 22.4 Å². The van der Waals surface area contributed by atoms with Crippen molar-refractivity contribution in [1.82, 2.24) is 15.3 Å². The van der Waals surface area contributed by atoms with Crippen LogP contribution >= 0.6 is 0 Å². The van der Waals surface area contributed by atoms with E-state index in [1.165, 1.54) is 0 Å². The standard InChI is InChI=1S/C19H19N3O3S/c1-19(10-11-26(24,25)12-19)22-18(23)14-8-6-13(7-9-14)17-20-15-4-2-3-5-16(15)21-17/h2-9H,10-12H2,1H3,(H,20,21)(H,22,23). The van der Waals surface area contributed by atoms with Gasteiger partial charge in [0.25, 0.3) is 5.91 Å². The highest BCUT2D eigenvalue weighted by molar-refractivity contribution is 7.91. The van der Waals surface area contributed by atoms with Gasteiger partial charge in [-0.25, -0.2) is 13.4 Å². The number of hydrogen-bond acceptors (Lipinski definition) is 4. The Balaban J connectivity index is 1.53. The first-order chi connectivity index (χ1) is 12.3. The predicted octanol–water partition coefficient (Wildman–Crippen LogP) is 2.54. The van der Waals surface area contributed by atoms with Crippen LogP contribution in [0, 0.1) is 0 Å². The highest BCUT2D eigenvalue weighted by Crippen LogP contribution is 2.24. The van der Waals surface area contributed by atoms with Crippen LogP contribution in [0.15, 0.2) is 48.5 Å². The Morgan fingerprint density at radius 2 is 1.88 bits per heavy atom. The van der Waals surface area contributed by atoms with Gasteiger partial charge in [0, 0.05) is 11.1 Å². The smallest absolute Gasteiger partial charge is 0.251 e. The molecule has 0 bridgehead atoms. The van der Waals surface area contributed by atoms with Crippen molar-refractivity contribution >= 4 is 26.8 Å². The second kappa shape index (κ2) is 5.95. The summed E-state index contributed by atoms with van der Waals surface area (Å²) in [4.78, 5) is 20.3. The lowest BCUT2D eigenvalue weighted by atomic mass is 10.0. The fraction of sp³-hybridized carbons (Fsp3) is 0.263. The first kappa shape index (κ1) is 16.8. The summed E-state index contributed by atoms with van der Waals surface area (Å²) >= 11 is 0. The van der Waals surface area contributed by atoms with Gasteiger partial charge in [0.1, 0.15) is 5.82 Å². The molecule has 0 aliphatic carbocycles. The van der Waals surface area contributed by atoms with Gasteiger partial charge < -0.3 is 10.3 Å². The fourth-order valence-electron chi connectivity index (χ4n) is 3.32. The third-order valence-electron chi connectivity index (χ3n) is 4.73. The molecule has 1 saturated heterocycles. The summed E-state index contributed by atoms with van der Waals surface area (Å²) in [5.41, 5.74) is 2.52. The van der Waals surface area contributed by atoms with Gasteiger partial charge in [-0.3, -0.25) is 4.79 Å². The minimum Gasteiger partial charge on any atom is -0.346 e. The van der Waals surface area contributed by atoms with Gasteiger partial charge in [0.05, 0.1) is 28.1 Å². The number of nitrogens with one attached hydrogen (secondary N) is 2. The molecule has 7 heteroatoms. The van der Waals surface area contributed by atoms with Crippen LogP contribution in [-0.2, 0) is 9.84 Å². The van der Waals surface area contributed by atoms with Crippen LogP contribution in [0.4, 0.5) is 0 Å². The van der Waals surface area contributed by atoms with E-state index in [4.69, 9.17) is 0 Å². The molecule has 2 heterocycles. The van der Waals surface area contributed by atoms with Crippen molar-refractivity contribution < 1.29 is 13.2 Å². The zero-order valence-electron chi connectivity index (χ0n) is 14.3. The Morgan fingerprint density at radius 1 is 1.15 bits per heavy atom. The summed E-state index contributed by atoms with van der Waals surface area (Å²) in [6, 6.07) is 14.9. The highest BCUT2D eigenvalue weighted by Gasteiger charge is 2.39. The molecule has 1 aliphatic heterocycles. The molecular weight excluding hydrogens is 350 g/mol. The Labute approximate surface area is 151 Å². The molecule has 134 valence electrons. The molecule has 0 radical (unpaired) electrons. The van der Waals surface area contributed by atoms with Crippen molar-refractivity contribution in [2.75, 3.05) is 11.5 Å². The van der Waals surface area contributed by atoms with Gasteiger partial charge in [-0.1, -0.05) is 24.3 Å². The maximum absolute atomic E-state index is 12.5. The molecule has 1 unspecified atom stereocenters. The van der Waals surface area contributed by atoms with Crippen molar-refractivity contribution in [3.05, 3.63) is 54.1 Å². The molecule has 0 spiro atoms. The average molecular weight is 369 g/mol. The summed E-state index contributed by atoms with van der Waals surface area (Å²) in [6.45, 7) is 1.78. The summed E-state index contributed by atoms with van der Waals surface area (Å²) in [5.74, 6) is 0.588. The van der Waals surface area contributed by atoms with Crippen molar-refractivity contribution in [2.24, 2.45) is 0 Å². The van der Waals surface area contributed by atoms with Crippen molar-refractivity contribution in [3.63, 3.8) is 0 Å². The molecule has 1 atom stereocenters. The number of aromatic amines is 1. The lowest BCUT2D eigenvalue weighted by molar-refractivity contribution is 0.0915. The number of benzene rings is 2. The lowest BCUT2D eigenvalue weighted by Gasteiger charge is -2.23. The highest BCUT2D eigenvalue weighted by atomic mass is 32.2. The summed E-state index contributed by atoms with van der Waals surface area (Å²) < 4.78 is 23.4. The van der Waals surface area contributed by atoms with E-state index in [0.717, 1.165) is 22.4 Å². The van der Waals surface area contributed by atoms with Crippen molar-refractivity contribution in [1.29, 1.82) is 0 Å². The normalized spacial score (nSPS) is 21.7. The third kappa shape index (κ3) is 3.22. The zero-order valence-corrected chi connectivity index (χ0v) is 15.1. The summed E-state index contributed by atoms with van der Waals surface area (Å²) in [6.07, 6.45) is 0.443. The van der Waals surface area contributed by atoms with Gasteiger partial charge in [-0.2, -0.15) is 0 Å². The minimum atomic E-state index is -3.06. The maximum Gasteiger partial charge on any atom is 0.251 e. The molecular formula is C19H19N3O3S. The van der Waals surface area contributed by atoms with Crippen molar-refractivity contribution in [3.8, 4) is 11.4 Å². The lowest BCUT2D eigenvalue weighted by Crippen LogP contribution is -2.46. The maximum atomic E-state index is 12.5. The monoisotopic (exact) mass is 369 g/mol. The summed E-state index contributed by atoms with van der Waals surface area (Å²) in [7, 11) is -3.06. The number of para-hydroxylation sites is 2. The van der Waals surface area contributed by atoms with E-state index in [2.05, 4.69) is 15.3 Å². The topological polar surface area (TPSA) is 91.9 Å². The molecule has 1 aliphatic rings. The first-order valence-corrected chi connectivity index (χ1v) is 10.2. The number of hydrogen-bond donors (Lipinski definition) is 2. The zero-order chi connectivity index (χ0) is 18.4. The van der Waals surface area contributed by atoms with Crippen LogP contribution < -0.4 is 5.32 Å². The Morgan fingerprint density at radius 3 is 2.54 bits per heavy atom. The number of amides is 1. The Kier molecular flexibility index (Phi) is 3.84. The fourth-order valence-corrected chi connectivity index (χ4v) is 5.42. The van der Waals surface area contributed by atoms with E-state index in [-0.39, 0.29) is 17.4 Å². The second-order valence-corrected chi connectivity index (χ2v) is 9.22. The predicted molar refractivity (Wildman–Crippen MR) is 101 cm³/mol. The van der Waals surface area contributed by atoms with E-state index in [1.807, 2.05) is 36.4 Å². The van der Waals surface area contributed by atoms with E-state index in [0.29, 0.717) is 12.0 Å². The van der Waals surface area contributed by atoms with E-state index in [9.17, 15) is 13.2 Å². The number of fused-ring (bicyclic) bond motifs is 1. The van der Waals surface area contributed by atoms with Crippen LogP contribution in [-0.4, -0.2) is 41.3 Å². The van der Waals surface area contributed by atoms with Gasteiger partial charge >= 0.3 is 0 Å². The molecule has 1 aromatic heterocycles. The second-order valence-electron chi connectivity index (χ2n) is 7.04. The average Bonchev–Trinajstić information content (AvgIpc) is 3.15. The number of aromatic nitrogens is 2. The van der Waals surface area contributed by atoms with Gasteiger partial charge in [0.2, 0.25) is 0 Å². The van der Waals surface area contributed by atoms with Gasteiger partial charge in [-0.15, -0.1) is 0 Å². The third-order valence-corrected chi connectivity index (χ3v) is 6.63. The first-order valence-electron chi connectivity index (χ1n) is 8.42. The van der Waals surface area contributed by atoms with E-state index in [1.54, 1.807) is 19.1 Å². The molecule has 6 nitrogen and oxygen atoms in total. The molecule has 2 aromatic carbocycles. The number of carbonyl (C=O) groups excluding carboxylic acids is 1. The Bertz CT molecular complexity index is 1050. The van der Waals surface area contributed by atoms with Crippen LogP contribution in [0.1, 0.15) is 23.7 Å². The molecule has 0 saturated carbocycles. The van der Waals surface area contributed by atoms with Crippen LogP contribution in [0.2, 0.25) is 0 Å². The molecule has 4 rings (SSSR count). The Hall–Kier alpha value is -2.67.